The summed E-state index contributed by atoms with van der Waals surface area (Å²) >= 11 is 0. The molecule has 0 atom stereocenters. The summed E-state index contributed by atoms with van der Waals surface area (Å²) in [5.41, 5.74) is 1.14. The van der Waals surface area contributed by atoms with E-state index in [0.717, 1.165) is 11.5 Å². The van der Waals surface area contributed by atoms with Crippen LogP contribution in [0.1, 0.15) is 42.1 Å². The number of carbonyl (C=O) groups excluding carboxylic acids is 1. The van der Waals surface area contributed by atoms with Gasteiger partial charge in [-0.2, -0.15) is 0 Å². The van der Waals surface area contributed by atoms with Crippen LogP contribution in [0.4, 0.5) is 5.69 Å². The van der Waals surface area contributed by atoms with Gasteiger partial charge in [0.05, 0.1) is 18.0 Å². The van der Waals surface area contributed by atoms with Gasteiger partial charge in [-0.25, -0.2) is 8.42 Å². The largest absolute Gasteiger partial charge is 0.464 e. The van der Waals surface area contributed by atoms with Crippen molar-refractivity contribution >= 4 is 21.6 Å². The molecule has 140 valence electrons. The number of hydrogen-bond acceptors (Lipinski definition) is 4. The van der Waals surface area contributed by atoms with Crippen molar-refractivity contribution in [2.45, 2.75) is 39.8 Å². The van der Waals surface area contributed by atoms with E-state index >= 15 is 0 Å². The Hall–Kier alpha value is -2.28. The van der Waals surface area contributed by atoms with Gasteiger partial charge in [0.25, 0.3) is 5.91 Å². The smallest absolute Gasteiger partial charge is 0.254 e. The minimum absolute atomic E-state index is 0.00606. The van der Waals surface area contributed by atoms with E-state index in [4.69, 9.17) is 4.42 Å². The highest BCUT2D eigenvalue weighted by atomic mass is 32.2. The van der Waals surface area contributed by atoms with Crippen LogP contribution in [0.5, 0.6) is 0 Å². The molecule has 2 heterocycles. The van der Waals surface area contributed by atoms with E-state index in [1.807, 2.05) is 32.9 Å². The van der Waals surface area contributed by atoms with Crippen molar-refractivity contribution in [3.8, 4) is 0 Å². The molecule has 26 heavy (non-hydrogen) atoms. The molecule has 1 amide bonds. The maximum atomic E-state index is 12.9. The van der Waals surface area contributed by atoms with Gasteiger partial charge in [-0.3, -0.25) is 9.10 Å². The summed E-state index contributed by atoms with van der Waals surface area (Å²) in [5.74, 6) is 1.62. The highest BCUT2D eigenvalue weighted by Crippen LogP contribution is 2.25. The molecule has 0 spiro atoms. The Morgan fingerprint density at radius 1 is 1.19 bits per heavy atom. The summed E-state index contributed by atoms with van der Waals surface area (Å²) in [7, 11) is -3.22. The summed E-state index contributed by atoms with van der Waals surface area (Å²) in [6.45, 7) is 6.67. The first-order valence-corrected chi connectivity index (χ1v) is 10.4. The fraction of sp³-hybridized carbons (Fsp3) is 0.421. The molecule has 1 aromatic heterocycles. The Bertz CT molecular complexity index is 885. The Morgan fingerprint density at radius 2 is 1.88 bits per heavy atom. The lowest BCUT2D eigenvalue weighted by atomic mass is 10.1. The van der Waals surface area contributed by atoms with Gasteiger partial charge < -0.3 is 9.32 Å². The molecule has 0 aliphatic carbocycles. The molecule has 0 radical (unpaired) electrons. The van der Waals surface area contributed by atoms with Crippen molar-refractivity contribution in [1.29, 1.82) is 0 Å². The van der Waals surface area contributed by atoms with Gasteiger partial charge >= 0.3 is 0 Å². The predicted octanol–water partition coefficient (Wildman–Crippen LogP) is 3.18. The van der Waals surface area contributed by atoms with Gasteiger partial charge in [0.15, 0.2) is 0 Å². The Labute approximate surface area is 154 Å². The number of furan rings is 1. The van der Waals surface area contributed by atoms with Crippen LogP contribution in [0, 0.1) is 6.92 Å². The molecular formula is C19H24N2O4S. The lowest BCUT2D eigenvalue weighted by Gasteiger charge is -2.26. The summed E-state index contributed by atoms with van der Waals surface area (Å²) in [6, 6.07) is 10.5. The molecule has 0 N–H and O–H groups in total. The molecule has 7 heteroatoms. The van der Waals surface area contributed by atoms with E-state index in [0.29, 0.717) is 30.8 Å². The van der Waals surface area contributed by atoms with Crippen molar-refractivity contribution in [1.82, 2.24) is 4.90 Å². The first kappa shape index (κ1) is 18.5. The SMILES string of the molecule is Cc1ccc(CN(C(=O)c2ccc(N3CCCS3(=O)=O)cc2)C(C)C)o1. The molecule has 0 bridgehead atoms. The van der Waals surface area contributed by atoms with E-state index in [1.54, 1.807) is 29.2 Å². The number of aryl methyl sites for hydroxylation is 1. The van der Waals surface area contributed by atoms with Gasteiger partial charge in [-0.05, 0) is 63.6 Å². The van der Waals surface area contributed by atoms with Crippen molar-refractivity contribution < 1.29 is 17.6 Å². The summed E-state index contributed by atoms with van der Waals surface area (Å²) in [6.07, 6.45) is 0.632. The normalized spacial score (nSPS) is 16.2. The Kier molecular flexibility index (Phi) is 5.09. The molecule has 2 aromatic rings. The van der Waals surface area contributed by atoms with Crippen LogP contribution < -0.4 is 4.31 Å². The van der Waals surface area contributed by atoms with Gasteiger partial charge in [-0.15, -0.1) is 0 Å². The highest BCUT2D eigenvalue weighted by molar-refractivity contribution is 7.93. The summed E-state index contributed by atoms with van der Waals surface area (Å²) < 4.78 is 31.1. The molecule has 3 rings (SSSR count). The Balaban J connectivity index is 1.79. The minimum atomic E-state index is -3.22. The first-order valence-electron chi connectivity index (χ1n) is 8.75. The zero-order valence-corrected chi connectivity index (χ0v) is 16.1. The van der Waals surface area contributed by atoms with Crippen LogP contribution in [0.15, 0.2) is 40.8 Å². The molecule has 1 saturated heterocycles. The van der Waals surface area contributed by atoms with Crippen LogP contribution in [0.25, 0.3) is 0 Å². The lowest BCUT2D eigenvalue weighted by molar-refractivity contribution is 0.0675. The number of benzene rings is 1. The third-order valence-electron chi connectivity index (χ3n) is 4.51. The van der Waals surface area contributed by atoms with Gasteiger partial charge in [0.1, 0.15) is 11.5 Å². The monoisotopic (exact) mass is 376 g/mol. The second-order valence-corrected chi connectivity index (χ2v) is 8.84. The number of amides is 1. The fourth-order valence-electron chi connectivity index (χ4n) is 3.09. The maximum absolute atomic E-state index is 12.9. The molecule has 1 aromatic carbocycles. The van der Waals surface area contributed by atoms with Crippen LogP contribution in [-0.4, -0.2) is 37.6 Å². The average Bonchev–Trinajstić information content (AvgIpc) is 3.16. The van der Waals surface area contributed by atoms with Crippen molar-refractivity contribution in [3.63, 3.8) is 0 Å². The van der Waals surface area contributed by atoms with Crippen molar-refractivity contribution in [2.24, 2.45) is 0 Å². The standard InChI is InChI=1S/C19H24N2O4S/c1-14(2)20(13-18-10-5-15(3)25-18)19(22)16-6-8-17(9-7-16)21-11-4-12-26(21,23)24/h5-10,14H,4,11-13H2,1-3H3. The van der Waals surface area contributed by atoms with E-state index in [1.165, 1.54) is 4.31 Å². The van der Waals surface area contributed by atoms with E-state index in [9.17, 15) is 13.2 Å². The van der Waals surface area contributed by atoms with Crippen molar-refractivity contribution in [3.05, 3.63) is 53.5 Å². The van der Waals surface area contributed by atoms with Crippen LogP contribution in [-0.2, 0) is 16.6 Å². The molecule has 6 nitrogen and oxygen atoms in total. The quantitative estimate of drug-likeness (QED) is 0.804. The summed E-state index contributed by atoms with van der Waals surface area (Å²) in [4.78, 5) is 14.6. The van der Waals surface area contributed by atoms with Crippen LogP contribution >= 0.6 is 0 Å². The third kappa shape index (κ3) is 3.77. The number of carbonyl (C=O) groups is 1. The number of nitrogens with zero attached hydrogens (tertiary/aromatic N) is 2. The molecule has 0 unspecified atom stereocenters. The van der Waals surface area contributed by atoms with Crippen LogP contribution in [0.2, 0.25) is 0 Å². The predicted molar refractivity (Wildman–Crippen MR) is 101 cm³/mol. The average molecular weight is 376 g/mol. The number of sulfonamides is 1. The highest BCUT2D eigenvalue weighted by Gasteiger charge is 2.28. The molecule has 0 saturated carbocycles. The molecular weight excluding hydrogens is 352 g/mol. The Morgan fingerprint density at radius 3 is 2.38 bits per heavy atom. The van der Waals surface area contributed by atoms with E-state index < -0.39 is 10.0 Å². The zero-order chi connectivity index (χ0) is 18.9. The third-order valence-corrected chi connectivity index (χ3v) is 6.38. The number of rotatable bonds is 5. The van der Waals surface area contributed by atoms with E-state index in [-0.39, 0.29) is 17.7 Å². The van der Waals surface area contributed by atoms with E-state index in [2.05, 4.69) is 0 Å². The zero-order valence-electron chi connectivity index (χ0n) is 15.3. The molecule has 1 fully saturated rings. The maximum Gasteiger partial charge on any atom is 0.254 e. The second kappa shape index (κ2) is 7.15. The first-order chi connectivity index (χ1) is 12.3. The second-order valence-electron chi connectivity index (χ2n) is 6.83. The van der Waals surface area contributed by atoms with Gasteiger partial charge in [-0.1, -0.05) is 0 Å². The summed E-state index contributed by atoms with van der Waals surface area (Å²) in [5, 5.41) is 0. The topological polar surface area (TPSA) is 70.8 Å². The minimum Gasteiger partial charge on any atom is -0.464 e. The van der Waals surface area contributed by atoms with Gasteiger partial charge in [0.2, 0.25) is 10.0 Å². The van der Waals surface area contributed by atoms with Crippen molar-refractivity contribution in [2.75, 3.05) is 16.6 Å². The number of anilines is 1. The van der Waals surface area contributed by atoms with Crippen LogP contribution in [0.3, 0.4) is 0 Å². The number of hydrogen-bond donors (Lipinski definition) is 0. The fourth-order valence-corrected chi connectivity index (χ4v) is 4.66. The lowest BCUT2D eigenvalue weighted by Crippen LogP contribution is -2.36. The van der Waals surface area contributed by atoms with Gasteiger partial charge in [0, 0.05) is 18.2 Å². The molecule has 1 aliphatic rings. The molecule has 1 aliphatic heterocycles.